The highest BCUT2D eigenvalue weighted by Crippen LogP contribution is 2.14. The van der Waals surface area contributed by atoms with E-state index in [-0.39, 0.29) is 5.78 Å². The van der Waals surface area contributed by atoms with Crippen LogP contribution in [0, 0.1) is 0 Å². The molecule has 0 N–H and O–H groups in total. The third-order valence-electron chi connectivity index (χ3n) is 1.91. The number of rotatable bonds is 4. The molecule has 0 unspecified atom stereocenters. The monoisotopic (exact) mass is 154 g/mol. The topological polar surface area (TPSA) is 17.1 Å². The molecule has 0 aliphatic carbocycles. The SMILES string of the molecule is CCC(CCC(C)=O)=C(C)C. The molecule has 11 heavy (non-hydrogen) atoms. The minimum Gasteiger partial charge on any atom is -0.300 e. The number of Topliss-reactive ketones (excluding diaryl/α,β-unsaturated/α-hetero) is 1. The first-order valence-corrected chi connectivity index (χ1v) is 4.22. The summed E-state index contributed by atoms with van der Waals surface area (Å²) in [6.45, 7) is 8.01. The molecule has 0 heterocycles. The Morgan fingerprint density at radius 1 is 1.09 bits per heavy atom. The van der Waals surface area contributed by atoms with Gasteiger partial charge in [-0.3, -0.25) is 0 Å². The van der Waals surface area contributed by atoms with Gasteiger partial charge in [0.1, 0.15) is 5.78 Å². The zero-order valence-corrected chi connectivity index (χ0v) is 8.03. The van der Waals surface area contributed by atoms with Crippen LogP contribution in [0.5, 0.6) is 0 Å². The fourth-order valence-corrected chi connectivity index (χ4v) is 1.11. The van der Waals surface area contributed by atoms with Crippen LogP contribution in [0.2, 0.25) is 0 Å². The molecule has 0 aromatic heterocycles. The average molecular weight is 154 g/mol. The first-order chi connectivity index (χ1) is 5.07. The van der Waals surface area contributed by atoms with E-state index in [2.05, 4.69) is 20.8 Å². The van der Waals surface area contributed by atoms with Crippen molar-refractivity contribution >= 4 is 5.78 Å². The molecule has 0 aromatic rings. The van der Waals surface area contributed by atoms with Crippen molar-refractivity contribution in [1.29, 1.82) is 0 Å². The normalized spacial score (nSPS) is 9.45. The van der Waals surface area contributed by atoms with Crippen LogP contribution in [0.4, 0.5) is 0 Å². The summed E-state index contributed by atoms with van der Waals surface area (Å²) in [7, 11) is 0. The van der Waals surface area contributed by atoms with Gasteiger partial charge in [-0.05, 0) is 33.6 Å². The van der Waals surface area contributed by atoms with E-state index in [1.165, 1.54) is 11.1 Å². The highest BCUT2D eigenvalue weighted by Gasteiger charge is 1.99. The van der Waals surface area contributed by atoms with Gasteiger partial charge in [-0.15, -0.1) is 0 Å². The largest absolute Gasteiger partial charge is 0.300 e. The number of carbonyl (C=O) groups excluding carboxylic acids is 1. The van der Waals surface area contributed by atoms with Crippen LogP contribution in [-0.4, -0.2) is 5.78 Å². The van der Waals surface area contributed by atoms with Crippen molar-refractivity contribution in [3.05, 3.63) is 11.1 Å². The van der Waals surface area contributed by atoms with Crippen LogP contribution in [0.15, 0.2) is 11.1 Å². The van der Waals surface area contributed by atoms with E-state index in [1.807, 2.05) is 0 Å². The molecule has 0 spiro atoms. The molecular weight excluding hydrogens is 136 g/mol. The van der Waals surface area contributed by atoms with Gasteiger partial charge in [0.2, 0.25) is 0 Å². The van der Waals surface area contributed by atoms with Crippen molar-refractivity contribution in [2.24, 2.45) is 0 Å². The molecule has 0 aliphatic rings. The summed E-state index contributed by atoms with van der Waals surface area (Å²) in [5.41, 5.74) is 2.80. The van der Waals surface area contributed by atoms with Crippen LogP contribution >= 0.6 is 0 Å². The molecule has 0 saturated carbocycles. The van der Waals surface area contributed by atoms with E-state index in [0.29, 0.717) is 6.42 Å². The first kappa shape index (κ1) is 10.4. The second-order valence-electron chi connectivity index (χ2n) is 3.16. The third-order valence-corrected chi connectivity index (χ3v) is 1.91. The van der Waals surface area contributed by atoms with Crippen LogP contribution in [0.1, 0.15) is 47.0 Å². The van der Waals surface area contributed by atoms with Crippen molar-refractivity contribution < 1.29 is 4.79 Å². The molecule has 0 fully saturated rings. The Bertz CT molecular complexity index is 162. The molecule has 0 aliphatic heterocycles. The lowest BCUT2D eigenvalue weighted by Gasteiger charge is -2.04. The van der Waals surface area contributed by atoms with E-state index >= 15 is 0 Å². The van der Waals surface area contributed by atoms with Crippen LogP contribution in [0.25, 0.3) is 0 Å². The second kappa shape index (κ2) is 5.11. The average Bonchev–Trinajstić information content (AvgIpc) is 1.87. The Balaban J connectivity index is 3.91. The summed E-state index contributed by atoms with van der Waals surface area (Å²) in [5.74, 6) is 0.289. The Morgan fingerprint density at radius 3 is 1.91 bits per heavy atom. The molecule has 1 heteroatoms. The van der Waals surface area contributed by atoms with E-state index < -0.39 is 0 Å². The van der Waals surface area contributed by atoms with Gasteiger partial charge in [0.05, 0.1) is 0 Å². The van der Waals surface area contributed by atoms with Gasteiger partial charge >= 0.3 is 0 Å². The van der Waals surface area contributed by atoms with E-state index in [9.17, 15) is 4.79 Å². The van der Waals surface area contributed by atoms with Crippen molar-refractivity contribution in [2.45, 2.75) is 47.0 Å². The molecule has 0 saturated heterocycles. The lowest BCUT2D eigenvalue weighted by atomic mass is 10.0. The van der Waals surface area contributed by atoms with Gasteiger partial charge < -0.3 is 4.79 Å². The molecule has 0 rings (SSSR count). The number of allylic oxidation sites excluding steroid dienone is 2. The third kappa shape index (κ3) is 4.77. The summed E-state index contributed by atoms with van der Waals surface area (Å²) in [4.78, 5) is 10.7. The molecule has 0 radical (unpaired) electrons. The highest BCUT2D eigenvalue weighted by atomic mass is 16.1. The molecule has 0 amide bonds. The van der Waals surface area contributed by atoms with Gasteiger partial charge in [-0.2, -0.15) is 0 Å². The smallest absolute Gasteiger partial charge is 0.130 e. The maximum atomic E-state index is 10.7. The van der Waals surface area contributed by atoms with Crippen LogP contribution in [-0.2, 0) is 4.79 Å². The molecule has 64 valence electrons. The van der Waals surface area contributed by atoms with E-state index in [1.54, 1.807) is 6.92 Å². The van der Waals surface area contributed by atoms with Gasteiger partial charge in [-0.25, -0.2) is 0 Å². The van der Waals surface area contributed by atoms with Gasteiger partial charge in [-0.1, -0.05) is 18.1 Å². The van der Waals surface area contributed by atoms with Gasteiger partial charge in [0.15, 0.2) is 0 Å². The highest BCUT2D eigenvalue weighted by molar-refractivity contribution is 5.75. The van der Waals surface area contributed by atoms with Crippen LogP contribution in [0.3, 0.4) is 0 Å². The van der Waals surface area contributed by atoms with Gasteiger partial charge in [0, 0.05) is 6.42 Å². The van der Waals surface area contributed by atoms with E-state index in [4.69, 9.17) is 0 Å². The molecule has 0 atom stereocenters. The predicted octanol–water partition coefficient (Wildman–Crippen LogP) is 3.10. The Morgan fingerprint density at radius 2 is 1.64 bits per heavy atom. The number of carbonyl (C=O) groups is 1. The fourth-order valence-electron chi connectivity index (χ4n) is 1.11. The summed E-state index contributed by atoms with van der Waals surface area (Å²) >= 11 is 0. The summed E-state index contributed by atoms with van der Waals surface area (Å²) in [5, 5.41) is 0. The van der Waals surface area contributed by atoms with Crippen molar-refractivity contribution in [3.8, 4) is 0 Å². The minimum atomic E-state index is 0.289. The van der Waals surface area contributed by atoms with Crippen molar-refractivity contribution in [2.75, 3.05) is 0 Å². The quantitative estimate of drug-likeness (QED) is 0.569. The lowest BCUT2D eigenvalue weighted by Crippen LogP contribution is -1.92. The van der Waals surface area contributed by atoms with Crippen LogP contribution < -0.4 is 0 Å². The summed E-state index contributed by atoms with van der Waals surface area (Å²) in [6, 6.07) is 0. The maximum Gasteiger partial charge on any atom is 0.130 e. The standard InChI is InChI=1S/C10H18O/c1-5-10(8(2)3)7-6-9(4)11/h5-7H2,1-4H3. The second-order valence-corrected chi connectivity index (χ2v) is 3.16. The molecule has 0 bridgehead atoms. The zero-order valence-electron chi connectivity index (χ0n) is 8.03. The van der Waals surface area contributed by atoms with Crippen molar-refractivity contribution in [1.82, 2.24) is 0 Å². The number of ketones is 1. The Labute approximate surface area is 69.5 Å². The van der Waals surface area contributed by atoms with Gasteiger partial charge in [0.25, 0.3) is 0 Å². The summed E-state index contributed by atoms with van der Waals surface area (Å²) in [6.07, 6.45) is 2.73. The molecule has 0 aromatic carbocycles. The van der Waals surface area contributed by atoms with E-state index in [0.717, 1.165) is 12.8 Å². The predicted molar refractivity (Wildman–Crippen MR) is 48.6 cm³/mol. The fraction of sp³-hybridized carbons (Fsp3) is 0.700. The Kier molecular flexibility index (Phi) is 4.84. The van der Waals surface area contributed by atoms with Crippen molar-refractivity contribution in [3.63, 3.8) is 0 Å². The Hall–Kier alpha value is -0.590. The number of hydrogen-bond donors (Lipinski definition) is 0. The zero-order chi connectivity index (χ0) is 8.85. The summed E-state index contributed by atoms with van der Waals surface area (Å²) < 4.78 is 0. The molecular formula is C10H18O. The first-order valence-electron chi connectivity index (χ1n) is 4.22. The number of hydrogen-bond acceptors (Lipinski definition) is 1. The lowest BCUT2D eigenvalue weighted by molar-refractivity contribution is -0.116. The maximum absolute atomic E-state index is 10.7. The minimum absolute atomic E-state index is 0.289. The molecule has 1 nitrogen and oxygen atoms in total.